The third kappa shape index (κ3) is 5.32. The summed E-state index contributed by atoms with van der Waals surface area (Å²) < 4.78 is 0. The zero-order valence-electron chi connectivity index (χ0n) is 19.8. The number of rotatable bonds is 7. The molecule has 2 aliphatic heterocycles. The lowest BCUT2D eigenvalue weighted by Crippen LogP contribution is -2.51. The average molecular weight is 425 g/mol. The monoisotopic (exact) mass is 424 g/mol. The molecule has 0 bridgehead atoms. The Bertz CT molecular complexity index is 802. The molecule has 1 aromatic rings. The molecule has 0 aromatic heterocycles. The fraction of sp³-hybridized carbons (Fsp3) is 0.654. The van der Waals surface area contributed by atoms with Gasteiger partial charge in [-0.05, 0) is 108 Å². The first-order chi connectivity index (χ1) is 14.9. The fourth-order valence-electron chi connectivity index (χ4n) is 4.96. The van der Waals surface area contributed by atoms with Crippen molar-refractivity contribution in [1.29, 1.82) is 0 Å². The van der Waals surface area contributed by atoms with Gasteiger partial charge in [0.2, 0.25) is 5.91 Å². The highest BCUT2D eigenvalue weighted by molar-refractivity contribution is 5.86. The molecule has 3 fully saturated rings. The number of hydrogen-bond donors (Lipinski definition) is 2. The van der Waals surface area contributed by atoms with Gasteiger partial charge in [0.05, 0.1) is 11.6 Å². The minimum Gasteiger partial charge on any atom is -0.371 e. The van der Waals surface area contributed by atoms with Crippen molar-refractivity contribution >= 4 is 17.7 Å². The molecule has 170 valence electrons. The van der Waals surface area contributed by atoms with Gasteiger partial charge in [0.25, 0.3) is 0 Å². The number of anilines is 1. The summed E-state index contributed by atoms with van der Waals surface area (Å²) in [5, 5.41) is 6.66. The summed E-state index contributed by atoms with van der Waals surface area (Å²) in [5.74, 6) is 0.844. The number of carbonyl (C=O) groups excluding carboxylic acids is 1. The number of amides is 1. The second-order valence-electron chi connectivity index (χ2n) is 10.2. The number of allylic oxidation sites excluding steroid dienone is 1. The average Bonchev–Trinajstić information content (AvgIpc) is 3.49. The Kier molecular flexibility index (Phi) is 6.73. The van der Waals surface area contributed by atoms with Crippen molar-refractivity contribution in [2.75, 3.05) is 38.6 Å². The molecule has 5 heteroatoms. The molecule has 0 radical (unpaired) electrons. The van der Waals surface area contributed by atoms with Crippen LogP contribution in [0.3, 0.4) is 0 Å². The largest absolute Gasteiger partial charge is 0.371 e. The quantitative estimate of drug-likeness (QED) is 0.696. The van der Waals surface area contributed by atoms with Gasteiger partial charge in [0.1, 0.15) is 0 Å². The third-order valence-corrected chi connectivity index (χ3v) is 7.57. The number of carbonyl (C=O) groups is 1. The highest BCUT2D eigenvalue weighted by Gasteiger charge is 2.36. The molecule has 31 heavy (non-hydrogen) atoms. The van der Waals surface area contributed by atoms with Gasteiger partial charge in [-0.15, -0.1) is 0 Å². The first-order valence-corrected chi connectivity index (χ1v) is 12.2. The van der Waals surface area contributed by atoms with Gasteiger partial charge in [0.15, 0.2) is 0 Å². The summed E-state index contributed by atoms with van der Waals surface area (Å²) >= 11 is 0. The van der Waals surface area contributed by atoms with E-state index in [4.69, 9.17) is 0 Å². The zero-order valence-corrected chi connectivity index (χ0v) is 19.8. The van der Waals surface area contributed by atoms with Crippen LogP contribution in [0.4, 0.5) is 5.69 Å². The second-order valence-corrected chi connectivity index (χ2v) is 10.2. The normalized spacial score (nSPS) is 26.3. The predicted molar refractivity (Wildman–Crippen MR) is 129 cm³/mol. The highest BCUT2D eigenvalue weighted by atomic mass is 16.2. The van der Waals surface area contributed by atoms with E-state index in [2.05, 4.69) is 71.8 Å². The van der Waals surface area contributed by atoms with Crippen LogP contribution < -0.4 is 15.5 Å². The van der Waals surface area contributed by atoms with Crippen LogP contribution in [0, 0.1) is 5.92 Å². The highest BCUT2D eigenvalue weighted by Crippen LogP contribution is 2.33. The molecule has 0 spiro atoms. The molecule has 2 N–H and O–H groups in total. The molecule has 1 aliphatic carbocycles. The Morgan fingerprint density at radius 1 is 1.29 bits per heavy atom. The van der Waals surface area contributed by atoms with Crippen LogP contribution >= 0.6 is 0 Å². The minimum absolute atomic E-state index is 0.0201. The minimum atomic E-state index is -0.438. The maximum atomic E-state index is 12.9. The molecule has 1 amide bonds. The number of piperidine rings is 1. The lowest BCUT2D eigenvalue weighted by atomic mass is 9.95. The molecule has 2 atom stereocenters. The number of hydrogen-bond acceptors (Lipinski definition) is 4. The summed E-state index contributed by atoms with van der Waals surface area (Å²) in [6.45, 7) is 7.39. The van der Waals surface area contributed by atoms with E-state index in [1.165, 1.54) is 42.5 Å². The molecule has 4 rings (SSSR count). The Morgan fingerprint density at radius 3 is 2.68 bits per heavy atom. The predicted octanol–water partition coefficient (Wildman–Crippen LogP) is 3.96. The van der Waals surface area contributed by atoms with Crippen molar-refractivity contribution in [2.24, 2.45) is 5.92 Å². The van der Waals surface area contributed by atoms with Crippen molar-refractivity contribution in [3.63, 3.8) is 0 Å². The lowest BCUT2D eigenvalue weighted by molar-refractivity contribution is -0.127. The molecule has 1 saturated carbocycles. The van der Waals surface area contributed by atoms with Crippen molar-refractivity contribution < 1.29 is 4.79 Å². The third-order valence-electron chi connectivity index (χ3n) is 7.57. The van der Waals surface area contributed by atoms with Crippen LogP contribution in [0.15, 0.2) is 24.3 Å². The van der Waals surface area contributed by atoms with E-state index in [1.54, 1.807) is 0 Å². The van der Waals surface area contributed by atoms with Gasteiger partial charge in [0, 0.05) is 18.8 Å². The van der Waals surface area contributed by atoms with Crippen LogP contribution in [-0.2, 0) is 4.79 Å². The van der Waals surface area contributed by atoms with E-state index in [0.717, 1.165) is 38.4 Å². The Morgan fingerprint density at radius 2 is 2.03 bits per heavy atom. The number of nitrogens with zero attached hydrogens (tertiary/aromatic N) is 2. The molecule has 3 aliphatic rings. The fourth-order valence-corrected chi connectivity index (χ4v) is 4.96. The van der Waals surface area contributed by atoms with E-state index in [-0.39, 0.29) is 11.9 Å². The standard InChI is InChI=1S/C26H40N4O/c1-19(28-25(31)26(2)14-5-15-27-26)24-11-10-23(18-21(24)9-8-20-6-7-20)30(4)22-12-16-29(3)17-13-22/h8-11,18-20,22,27H,5-7,12-17H2,1-4H3,(H,28,31)/b9-8+/t19-,26-/m0/s1. The van der Waals surface area contributed by atoms with Crippen molar-refractivity contribution in [2.45, 2.75) is 70.0 Å². The molecule has 2 heterocycles. The van der Waals surface area contributed by atoms with E-state index in [1.807, 2.05) is 6.92 Å². The molecule has 0 unspecified atom stereocenters. The van der Waals surface area contributed by atoms with Crippen molar-refractivity contribution in [1.82, 2.24) is 15.5 Å². The van der Waals surface area contributed by atoms with Gasteiger partial charge in [-0.1, -0.05) is 18.2 Å². The van der Waals surface area contributed by atoms with E-state index in [0.29, 0.717) is 6.04 Å². The summed E-state index contributed by atoms with van der Waals surface area (Å²) in [5.41, 5.74) is 3.28. The SMILES string of the molecule is C[C@H](NC(=O)[C@]1(C)CCCN1)c1ccc(N(C)C2CCN(C)CC2)cc1/C=C/C1CC1. The number of nitrogens with one attached hydrogen (secondary N) is 2. The number of benzene rings is 1. The van der Waals surface area contributed by atoms with Gasteiger partial charge in [-0.3, -0.25) is 4.79 Å². The summed E-state index contributed by atoms with van der Waals surface area (Å²) in [7, 11) is 4.44. The summed E-state index contributed by atoms with van der Waals surface area (Å²) in [6.07, 6.45) is 11.6. The van der Waals surface area contributed by atoms with E-state index in [9.17, 15) is 4.79 Å². The van der Waals surface area contributed by atoms with Crippen LogP contribution in [0.25, 0.3) is 6.08 Å². The Hall–Kier alpha value is -1.85. The lowest BCUT2D eigenvalue weighted by Gasteiger charge is -2.36. The van der Waals surface area contributed by atoms with Crippen LogP contribution in [0.1, 0.15) is 69.5 Å². The van der Waals surface area contributed by atoms with E-state index < -0.39 is 5.54 Å². The van der Waals surface area contributed by atoms with Crippen LogP contribution in [-0.4, -0.2) is 56.1 Å². The Balaban J connectivity index is 1.52. The van der Waals surface area contributed by atoms with Crippen molar-refractivity contribution in [3.8, 4) is 0 Å². The van der Waals surface area contributed by atoms with Gasteiger partial charge < -0.3 is 20.4 Å². The summed E-state index contributed by atoms with van der Waals surface area (Å²) in [4.78, 5) is 17.8. The molecule has 1 aromatic carbocycles. The first-order valence-electron chi connectivity index (χ1n) is 12.2. The molecule has 5 nitrogen and oxygen atoms in total. The van der Waals surface area contributed by atoms with Crippen LogP contribution in [0.5, 0.6) is 0 Å². The van der Waals surface area contributed by atoms with E-state index >= 15 is 0 Å². The Labute approximate surface area is 188 Å². The van der Waals surface area contributed by atoms with Gasteiger partial charge in [-0.25, -0.2) is 0 Å². The smallest absolute Gasteiger partial charge is 0.240 e. The maximum Gasteiger partial charge on any atom is 0.240 e. The second kappa shape index (κ2) is 9.33. The maximum absolute atomic E-state index is 12.9. The van der Waals surface area contributed by atoms with Crippen LogP contribution in [0.2, 0.25) is 0 Å². The zero-order chi connectivity index (χ0) is 22.0. The number of likely N-dealkylation sites (tertiary alicyclic amines) is 1. The molecular formula is C26H40N4O. The molecule has 2 saturated heterocycles. The van der Waals surface area contributed by atoms with Crippen molar-refractivity contribution in [3.05, 3.63) is 35.4 Å². The van der Waals surface area contributed by atoms with Gasteiger partial charge in [-0.2, -0.15) is 0 Å². The topological polar surface area (TPSA) is 47.6 Å². The summed E-state index contributed by atoms with van der Waals surface area (Å²) in [6, 6.07) is 7.36. The molecular weight excluding hydrogens is 384 g/mol. The first kappa shape index (κ1) is 22.3. The van der Waals surface area contributed by atoms with Gasteiger partial charge >= 0.3 is 0 Å².